The van der Waals surface area contributed by atoms with E-state index >= 15 is 0 Å². The lowest BCUT2D eigenvalue weighted by Gasteiger charge is -2.30. The van der Waals surface area contributed by atoms with Crippen LogP contribution in [0.4, 0.5) is 22.7 Å². The second-order valence-electron chi connectivity index (χ2n) is 9.87. The number of fused-ring (bicyclic) bond motifs is 2. The molecule has 0 saturated carbocycles. The number of carbonyl (C=O) groups is 2. The summed E-state index contributed by atoms with van der Waals surface area (Å²) in [6, 6.07) is 19.2. The number of amides is 2. The third kappa shape index (κ3) is 4.60. The van der Waals surface area contributed by atoms with E-state index in [2.05, 4.69) is 0 Å². The molecule has 0 radical (unpaired) electrons. The van der Waals surface area contributed by atoms with Gasteiger partial charge in [-0.15, -0.1) is 0 Å². The van der Waals surface area contributed by atoms with Gasteiger partial charge in [0, 0.05) is 42.3 Å². The monoisotopic (exact) mass is 527 g/mol. The van der Waals surface area contributed by atoms with Gasteiger partial charge in [-0.3, -0.25) is 24.6 Å². The second-order valence-corrected chi connectivity index (χ2v) is 9.87. The smallest absolute Gasteiger partial charge is 0.269 e. The largest absolute Gasteiger partial charge is 0.396 e. The maximum atomic E-state index is 13.8. The quantitative estimate of drug-likeness (QED) is 0.252. The molecule has 9 heteroatoms. The highest BCUT2D eigenvalue weighted by atomic mass is 16.6. The number of aliphatic hydroxyl groups excluding tert-OH is 1. The summed E-state index contributed by atoms with van der Waals surface area (Å²) in [4.78, 5) is 40.8. The zero-order valence-corrected chi connectivity index (χ0v) is 21.5. The maximum Gasteiger partial charge on any atom is 0.269 e. The molecule has 39 heavy (non-hydrogen) atoms. The molecule has 2 N–H and O–H groups in total. The minimum atomic E-state index is -2.02. The maximum absolute atomic E-state index is 13.8. The second kappa shape index (κ2) is 10.4. The molecule has 2 atom stereocenters. The number of para-hydroxylation sites is 1. The zero-order chi connectivity index (χ0) is 27.7. The molecule has 5 rings (SSSR count). The number of nitro groups is 1. The van der Waals surface area contributed by atoms with Crippen LogP contribution in [0.5, 0.6) is 0 Å². The van der Waals surface area contributed by atoms with Crippen LogP contribution in [0.2, 0.25) is 0 Å². The van der Waals surface area contributed by atoms with Gasteiger partial charge >= 0.3 is 0 Å². The summed E-state index contributed by atoms with van der Waals surface area (Å²) in [6.07, 6.45) is 4.74. The van der Waals surface area contributed by atoms with Crippen molar-refractivity contribution in [3.05, 3.63) is 106 Å². The summed E-state index contributed by atoms with van der Waals surface area (Å²) in [6.45, 7) is 1.68. The summed E-state index contributed by atoms with van der Waals surface area (Å²) < 4.78 is 0. The van der Waals surface area contributed by atoms with Gasteiger partial charge in [0.2, 0.25) is 5.91 Å². The summed E-state index contributed by atoms with van der Waals surface area (Å²) in [5, 5.41) is 32.4. The van der Waals surface area contributed by atoms with E-state index < -0.39 is 22.3 Å². The Bertz CT molecular complexity index is 1490. The molecular weight excluding hydrogens is 498 g/mol. The SMILES string of the molecule is C[C@@H](/C=C/CCO)[C@]1(O)C(=O)N(Cc2cccc(N3C(=O)CCc4ccccc43)c2)c2ccc([N+](=O)[O-])cc21. The topological polar surface area (TPSA) is 124 Å². The fourth-order valence-corrected chi connectivity index (χ4v) is 5.41. The van der Waals surface area contributed by atoms with Crippen LogP contribution in [0.1, 0.15) is 36.5 Å². The van der Waals surface area contributed by atoms with E-state index in [0.29, 0.717) is 30.6 Å². The van der Waals surface area contributed by atoms with Crippen molar-refractivity contribution in [2.75, 3.05) is 16.4 Å². The first-order valence-electron chi connectivity index (χ1n) is 12.9. The Kier molecular flexibility index (Phi) is 7.03. The van der Waals surface area contributed by atoms with Crippen LogP contribution in [0.3, 0.4) is 0 Å². The Hall–Kier alpha value is -4.34. The zero-order valence-electron chi connectivity index (χ0n) is 21.5. The van der Waals surface area contributed by atoms with Crippen LogP contribution in [0, 0.1) is 16.0 Å². The van der Waals surface area contributed by atoms with Gasteiger partial charge in [-0.05, 0) is 48.2 Å². The molecule has 0 bridgehead atoms. The minimum Gasteiger partial charge on any atom is -0.396 e. The average molecular weight is 528 g/mol. The third-order valence-corrected chi connectivity index (χ3v) is 7.44. The first kappa shape index (κ1) is 26.3. The first-order chi connectivity index (χ1) is 18.8. The highest BCUT2D eigenvalue weighted by Crippen LogP contribution is 2.47. The molecule has 2 aliphatic heterocycles. The number of hydrogen-bond donors (Lipinski definition) is 2. The van der Waals surface area contributed by atoms with E-state index in [1.807, 2.05) is 48.5 Å². The molecule has 3 aromatic rings. The van der Waals surface area contributed by atoms with Crippen LogP contribution < -0.4 is 9.80 Å². The molecule has 0 unspecified atom stereocenters. The number of carbonyl (C=O) groups excluding carboxylic acids is 2. The molecule has 0 fully saturated rings. The van der Waals surface area contributed by atoms with Gasteiger partial charge in [-0.1, -0.05) is 49.4 Å². The van der Waals surface area contributed by atoms with Crippen LogP contribution in [-0.4, -0.2) is 33.6 Å². The number of anilines is 3. The molecule has 9 nitrogen and oxygen atoms in total. The number of non-ortho nitro benzene ring substituents is 1. The van der Waals surface area contributed by atoms with Gasteiger partial charge < -0.3 is 15.1 Å². The van der Waals surface area contributed by atoms with Crippen LogP contribution in [0.25, 0.3) is 0 Å². The Morgan fingerprint density at radius 1 is 1.05 bits per heavy atom. The Labute approximate surface area is 225 Å². The standard InChI is InChI=1S/C30H29N3O6/c1-20(7-4-5-16-34)30(37)25-18-24(33(38)39)13-14-27(25)31(29(30)36)19-21-8-6-10-23(17-21)32-26-11-3-2-9-22(26)12-15-28(32)35/h2-4,6-11,13-14,17-18,20,34,37H,5,12,15-16,19H2,1H3/b7-4+/t20-,30+/m0/s1. The van der Waals surface area contributed by atoms with E-state index in [1.54, 1.807) is 24.0 Å². The van der Waals surface area contributed by atoms with Gasteiger partial charge in [0.25, 0.3) is 11.6 Å². The predicted molar refractivity (Wildman–Crippen MR) is 147 cm³/mol. The van der Waals surface area contributed by atoms with Gasteiger partial charge in [0.1, 0.15) is 0 Å². The summed E-state index contributed by atoms with van der Waals surface area (Å²) in [5.41, 5.74) is 1.63. The van der Waals surface area contributed by atoms with Gasteiger partial charge in [-0.2, -0.15) is 0 Å². The molecule has 0 saturated heterocycles. The lowest BCUT2D eigenvalue weighted by molar-refractivity contribution is -0.385. The number of hydrogen-bond acceptors (Lipinski definition) is 6. The van der Waals surface area contributed by atoms with Gasteiger partial charge in [0.15, 0.2) is 5.60 Å². The molecule has 0 aromatic heterocycles. The molecule has 0 spiro atoms. The fraction of sp³-hybridized carbons (Fsp3) is 0.267. The fourth-order valence-electron chi connectivity index (χ4n) is 5.41. The van der Waals surface area contributed by atoms with Gasteiger partial charge in [0.05, 0.1) is 22.8 Å². The molecule has 0 aliphatic carbocycles. The van der Waals surface area contributed by atoms with Crippen LogP contribution in [0.15, 0.2) is 78.9 Å². The minimum absolute atomic E-state index is 0.0152. The third-order valence-electron chi connectivity index (χ3n) is 7.44. The molecule has 3 aromatic carbocycles. The lowest BCUT2D eigenvalue weighted by atomic mass is 9.82. The molecule has 2 amide bonds. The number of benzene rings is 3. The normalized spacial score (nSPS) is 19.4. The number of nitrogens with zero attached hydrogens (tertiary/aromatic N) is 3. The van der Waals surface area contributed by atoms with Crippen molar-refractivity contribution in [3.8, 4) is 0 Å². The lowest BCUT2D eigenvalue weighted by Crippen LogP contribution is -2.44. The van der Waals surface area contributed by atoms with Crippen molar-refractivity contribution in [1.82, 2.24) is 0 Å². The van der Waals surface area contributed by atoms with E-state index in [9.17, 15) is 24.8 Å². The van der Waals surface area contributed by atoms with Crippen molar-refractivity contribution in [2.45, 2.75) is 38.3 Å². The molecular formula is C30H29N3O6. The summed E-state index contributed by atoms with van der Waals surface area (Å²) in [7, 11) is 0. The van der Waals surface area contributed by atoms with Gasteiger partial charge in [-0.25, -0.2) is 0 Å². The van der Waals surface area contributed by atoms with E-state index in [1.165, 1.54) is 23.1 Å². The Balaban J connectivity index is 1.52. The summed E-state index contributed by atoms with van der Waals surface area (Å²) in [5.74, 6) is -1.32. The van der Waals surface area contributed by atoms with Crippen molar-refractivity contribution in [3.63, 3.8) is 0 Å². The first-order valence-corrected chi connectivity index (χ1v) is 12.9. The number of nitro benzene ring substituents is 1. The van der Waals surface area contributed by atoms with E-state index in [4.69, 9.17) is 5.11 Å². The molecule has 200 valence electrons. The summed E-state index contributed by atoms with van der Waals surface area (Å²) >= 11 is 0. The van der Waals surface area contributed by atoms with Crippen molar-refractivity contribution >= 4 is 34.6 Å². The molecule has 2 heterocycles. The Morgan fingerprint density at radius 2 is 1.85 bits per heavy atom. The van der Waals surface area contributed by atoms with Crippen molar-refractivity contribution < 1.29 is 24.7 Å². The Morgan fingerprint density at radius 3 is 2.62 bits per heavy atom. The molecule has 2 aliphatic rings. The average Bonchev–Trinajstić information content (AvgIpc) is 3.15. The number of aryl methyl sites for hydroxylation is 1. The highest BCUT2D eigenvalue weighted by Gasteiger charge is 2.53. The van der Waals surface area contributed by atoms with Crippen molar-refractivity contribution in [2.24, 2.45) is 5.92 Å². The van der Waals surface area contributed by atoms with E-state index in [0.717, 1.165) is 16.8 Å². The number of aliphatic hydroxyl groups is 2. The van der Waals surface area contributed by atoms with Crippen LogP contribution >= 0.6 is 0 Å². The number of rotatable bonds is 8. The van der Waals surface area contributed by atoms with E-state index in [-0.39, 0.29) is 30.3 Å². The van der Waals surface area contributed by atoms with Crippen molar-refractivity contribution in [1.29, 1.82) is 0 Å². The van der Waals surface area contributed by atoms with Crippen LogP contribution in [-0.2, 0) is 28.2 Å². The predicted octanol–water partition coefficient (Wildman–Crippen LogP) is 4.51. The highest BCUT2D eigenvalue weighted by molar-refractivity contribution is 6.07.